The molecule has 0 radical (unpaired) electrons. The third-order valence-electron chi connectivity index (χ3n) is 7.88. The number of rotatable bonds is 9. The van der Waals surface area contributed by atoms with Crippen molar-refractivity contribution < 1.29 is 27.5 Å². The monoisotopic (exact) mass is 629 g/mol. The van der Waals surface area contributed by atoms with Crippen LogP contribution in [0.1, 0.15) is 11.6 Å². The number of ether oxygens (including phenoxy) is 2. The summed E-state index contributed by atoms with van der Waals surface area (Å²) >= 11 is 0. The van der Waals surface area contributed by atoms with E-state index < -0.39 is 17.7 Å². The predicted molar refractivity (Wildman–Crippen MR) is 163 cm³/mol. The van der Waals surface area contributed by atoms with Gasteiger partial charge in [-0.05, 0) is 54.1 Å². The number of carbonyl (C=O) groups excluding carboxylic acids is 1. The topological polar surface area (TPSA) is 142 Å². The van der Waals surface area contributed by atoms with Crippen molar-refractivity contribution in [2.75, 3.05) is 57.1 Å². The van der Waals surface area contributed by atoms with Gasteiger partial charge in [0.1, 0.15) is 12.4 Å². The first kappa shape index (κ1) is 29.2. The first-order chi connectivity index (χ1) is 22.4. The van der Waals surface area contributed by atoms with E-state index in [0.29, 0.717) is 56.2 Å². The van der Waals surface area contributed by atoms with Crippen molar-refractivity contribution in [1.82, 2.24) is 34.3 Å². The number of piperazine rings is 1. The molecule has 0 bridgehead atoms. The lowest BCUT2D eigenvalue weighted by Crippen LogP contribution is -2.51. The molecule has 0 spiro atoms. The standard InChI is InChI=1S/C31H29F2N9O4/c1-44-15-16-45-21-7-5-20(6-8-21)39-10-12-40(13-11-39)30(43)26(19-4-9-23(32)24(33)17-19)41-29-22(18-35-41)28-36-27(25-3-2-14-46-25)38-42(28)31(34)37-29/h2-9,14,17-18,26H,10-13,15-16H2,1H3,(H2,34,37). The second kappa shape index (κ2) is 12.1. The summed E-state index contributed by atoms with van der Waals surface area (Å²) in [6, 6.07) is 13.4. The van der Waals surface area contributed by atoms with Crippen LogP contribution in [0.5, 0.6) is 5.75 Å². The van der Waals surface area contributed by atoms with Gasteiger partial charge in [0, 0.05) is 39.0 Å². The molecule has 4 aromatic heterocycles. The van der Waals surface area contributed by atoms with Gasteiger partial charge in [0.25, 0.3) is 5.91 Å². The van der Waals surface area contributed by atoms with Crippen molar-refractivity contribution in [3.8, 4) is 17.3 Å². The quantitative estimate of drug-likeness (QED) is 0.236. The fraction of sp³-hybridized carbons (Fsp3) is 0.258. The second-order valence-corrected chi connectivity index (χ2v) is 10.7. The van der Waals surface area contributed by atoms with Crippen LogP contribution in [0.25, 0.3) is 28.3 Å². The number of hydrogen-bond donors (Lipinski definition) is 1. The molecule has 15 heteroatoms. The molecule has 0 aliphatic carbocycles. The number of nitrogens with zero attached hydrogens (tertiary/aromatic N) is 8. The number of amides is 1. The average Bonchev–Trinajstić information content (AvgIpc) is 3.84. The molecule has 1 unspecified atom stereocenters. The maximum Gasteiger partial charge on any atom is 0.252 e. The Bertz CT molecular complexity index is 2000. The molecule has 1 fully saturated rings. The summed E-state index contributed by atoms with van der Waals surface area (Å²) in [5.41, 5.74) is 8.06. The van der Waals surface area contributed by atoms with Crippen LogP contribution in [-0.4, -0.2) is 86.7 Å². The van der Waals surface area contributed by atoms with Gasteiger partial charge >= 0.3 is 0 Å². The molecule has 5 heterocycles. The van der Waals surface area contributed by atoms with Gasteiger partial charge in [-0.2, -0.15) is 14.6 Å². The third kappa shape index (κ3) is 5.34. The van der Waals surface area contributed by atoms with Gasteiger partial charge < -0.3 is 29.4 Å². The highest BCUT2D eigenvalue weighted by Gasteiger charge is 2.33. The predicted octanol–water partition coefficient (Wildman–Crippen LogP) is 3.56. The molecular formula is C31H29F2N9O4. The van der Waals surface area contributed by atoms with Crippen LogP contribution in [0.2, 0.25) is 0 Å². The van der Waals surface area contributed by atoms with Gasteiger partial charge in [0.15, 0.2) is 34.7 Å². The Labute approximate surface area is 260 Å². The van der Waals surface area contributed by atoms with Crippen LogP contribution in [0.4, 0.5) is 20.4 Å². The molecule has 46 heavy (non-hydrogen) atoms. The maximum absolute atomic E-state index is 14.5. The van der Waals surface area contributed by atoms with Crippen molar-refractivity contribution in [2.24, 2.45) is 0 Å². The minimum Gasteiger partial charge on any atom is -0.491 e. The highest BCUT2D eigenvalue weighted by Crippen LogP contribution is 2.30. The molecular weight excluding hydrogens is 600 g/mol. The first-order valence-corrected chi connectivity index (χ1v) is 14.5. The average molecular weight is 630 g/mol. The van der Waals surface area contributed by atoms with Crippen LogP contribution in [0.3, 0.4) is 0 Å². The maximum atomic E-state index is 14.5. The molecule has 13 nitrogen and oxygen atoms in total. The lowest BCUT2D eigenvalue weighted by atomic mass is 10.0. The lowest BCUT2D eigenvalue weighted by Gasteiger charge is -2.37. The first-order valence-electron chi connectivity index (χ1n) is 14.5. The van der Waals surface area contributed by atoms with E-state index in [4.69, 9.17) is 19.6 Å². The lowest BCUT2D eigenvalue weighted by molar-refractivity contribution is -0.134. The molecule has 1 saturated heterocycles. The number of carbonyl (C=O) groups is 1. The number of aromatic nitrogens is 6. The van der Waals surface area contributed by atoms with E-state index in [1.54, 1.807) is 24.1 Å². The van der Waals surface area contributed by atoms with Crippen LogP contribution in [0.15, 0.2) is 71.5 Å². The minimum absolute atomic E-state index is 0.00484. The number of furan rings is 1. The van der Waals surface area contributed by atoms with Crippen LogP contribution < -0.4 is 15.4 Å². The zero-order chi connectivity index (χ0) is 31.8. The molecule has 2 N–H and O–H groups in total. The summed E-state index contributed by atoms with van der Waals surface area (Å²) < 4.78 is 47.4. The molecule has 7 rings (SSSR count). The Morgan fingerprint density at radius 2 is 1.80 bits per heavy atom. The highest BCUT2D eigenvalue weighted by atomic mass is 19.2. The fourth-order valence-electron chi connectivity index (χ4n) is 5.55. The Morgan fingerprint density at radius 1 is 1.00 bits per heavy atom. The van der Waals surface area contributed by atoms with E-state index in [1.165, 1.54) is 27.7 Å². The Kier molecular flexibility index (Phi) is 7.66. The van der Waals surface area contributed by atoms with Gasteiger partial charge in [-0.25, -0.2) is 18.4 Å². The zero-order valence-corrected chi connectivity index (χ0v) is 24.7. The van der Waals surface area contributed by atoms with Crippen LogP contribution >= 0.6 is 0 Å². The number of anilines is 2. The van der Waals surface area contributed by atoms with Crippen molar-refractivity contribution in [2.45, 2.75) is 6.04 Å². The molecule has 1 aliphatic rings. The summed E-state index contributed by atoms with van der Waals surface area (Å²) in [6.45, 7) is 2.85. The number of nitrogens with two attached hydrogens (primary N) is 1. The smallest absolute Gasteiger partial charge is 0.252 e. The van der Waals surface area contributed by atoms with E-state index in [1.807, 2.05) is 24.3 Å². The summed E-state index contributed by atoms with van der Waals surface area (Å²) in [5, 5.41) is 9.36. The molecule has 236 valence electrons. The number of methoxy groups -OCH3 is 1. The summed E-state index contributed by atoms with van der Waals surface area (Å²) in [4.78, 5) is 27.2. The molecule has 0 saturated carbocycles. The molecule has 1 aliphatic heterocycles. The molecule has 6 aromatic rings. The molecule has 1 atom stereocenters. The third-order valence-corrected chi connectivity index (χ3v) is 7.88. The largest absolute Gasteiger partial charge is 0.491 e. The van der Waals surface area contributed by atoms with Gasteiger partial charge in [-0.3, -0.25) is 4.79 Å². The van der Waals surface area contributed by atoms with E-state index in [2.05, 4.69) is 25.1 Å². The summed E-state index contributed by atoms with van der Waals surface area (Å²) in [5.74, 6) is -0.999. The fourth-order valence-corrected chi connectivity index (χ4v) is 5.55. The number of benzene rings is 2. The SMILES string of the molecule is COCCOc1ccc(N2CCN(C(=O)C(c3ccc(F)c(F)c3)n3ncc4c3nc(N)n3nc(-c5ccco5)nc43)CC2)cc1. The van der Waals surface area contributed by atoms with Crippen molar-refractivity contribution in [3.05, 3.63) is 84.3 Å². The highest BCUT2D eigenvalue weighted by molar-refractivity contribution is 5.92. The normalized spacial score (nSPS) is 14.3. The molecule has 1 amide bonds. The van der Waals surface area contributed by atoms with Crippen LogP contribution in [-0.2, 0) is 9.53 Å². The van der Waals surface area contributed by atoms with E-state index in [-0.39, 0.29) is 28.9 Å². The Morgan fingerprint density at radius 3 is 2.52 bits per heavy atom. The minimum atomic E-state index is -1.16. The van der Waals surface area contributed by atoms with Crippen molar-refractivity contribution in [1.29, 1.82) is 0 Å². The second-order valence-electron chi connectivity index (χ2n) is 10.7. The number of halogens is 2. The van der Waals surface area contributed by atoms with E-state index in [0.717, 1.165) is 23.6 Å². The van der Waals surface area contributed by atoms with E-state index >= 15 is 0 Å². The van der Waals surface area contributed by atoms with Gasteiger partial charge in [-0.15, -0.1) is 5.10 Å². The van der Waals surface area contributed by atoms with Crippen molar-refractivity contribution >= 4 is 34.2 Å². The van der Waals surface area contributed by atoms with E-state index in [9.17, 15) is 13.6 Å². The number of hydrogen-bond acceptors (Lipinski definition) is 10. The van der Waals surface area contributed by atoms with Gasteiger partial charge in [-0.1, -0.05) is 6.07 Å². The Balaban J connectivity index is 1.19. The molecule has 2 aromatic carbocycles. The number of fused-ring (bicyclic) bond motifs is 3. The zero-order valence-electron chi connectivity index (χ0n) is 24.7. The van der Waals surface area contributed by atoms with Crippen LogP contribution in [0, 0.1) is 11.6 Å². The Hall–Kier alpha value is -5.57. The van der Waals surface area contributed by atoms with Gasteiger partial charge in [0.2, 0.25) is 11.8 Å². The number of nitrogen functional groups attached to an aromatic ring is 1. The summed E-state index contributed by atoms with van der Waals surface area (Å²) in [6.07, 6.45) is 3.00. The summed E-state index contributed by atoms with van der Waals surface area (Å²) in [7, 11) is 1.62. The van der Waals surface area contributed by atoms with Crippen molar-refractivity contribution in [3.63, 3.8) is 0 Å². The van der Waals surface area contributed by atoms with Gasteiger partial charge in [0.05, 0.1) is 24.5 Å².